The number of ether oxygens (including phenoxy) is 1. The van der Waals surface area contributed by atoms with Crippen LogP contribution in [0.15, 0.2) is 42.5 Å². The van der Waals surface area contributed by atoms with Crippen molar-refractivity contribution in [3.8, 4) is 5.75 Å². The Morgan fingerprint density at radius 2 is 1.65 bits per heavy atom. The lowest BCUT2D eigenvalue weighted by Crippen LogP contribution is -1.98. The molecule has 0 saturated heterocycles. The van der Waals surface area contributed by atoms with E-state index in [1.807, 2.05) is 52.9 Å². The van der Waals surface area contributed by atoms with Crippen LogP contribution in [0.1, 0.15) is 5.56 Å². The van der Waals surface area contributed by atoms with Crippen LogP contribution in [-0.2, 0) is 6.61 Å². The normalized spacial score (nSPS) is 10.3. The zero-order chi connectivity index (χ0) is 12.3. The maximum Gasteiger partial charge on any atom is 0.162 e. The molecule has 0 aliphatic rings. The lowest BCUT2D eigenvalue weighted by Gasteiger charge is -2.08. The zero-order valence-corrected chi connectivity index (χ0v) is 10.9. The number of benzene rings is 2. The van der Waals surface area contributed by atoms with E-state index in [-0.39, 0.29) is 0 Å². The molecule has 0 saturated carbocycles. The van der Waals surface area contributed by atoms with E-state index >= 15 is 0 Å². The molecule has 0 aromatic heterocycles. The summed E-state index contributed by atoms with van der Waals surface area (Å²) in [5.74, 6) is -1.40. The highest BCUT2D eigenvalue weighted by Crippen LogP contribution is 2.24. The van der Waals surface area contributed by atoms with Crippen molar-refractivity contribution in [1.82, 2.24) is 0 Å². The van der Waals surface area contributed by atoms with Crippen LogP contribution in [0.25, 0.3) is 0 Å². The summed E-state index contributed by atoms with van der Waals surface area (Å²) >= 11 is 1.91. The fourth-order valence-electron chi connectivity index (χ4n) is 1.35. The minimum Gasteiger partial charge on any atom is -0.488 e. The van der Waals surface area contributed by atoms with Crippen LogP contribution in [-0.4, -0.2) is 0 Å². The van der Waals surface area contributed by atoms with Crippen molar-refractivity contribution in [3.05, 3.63) is 63.2 Å². The Balaban J connectivity index is 2.12. The van der Waals surface area contributed by atoms with Gasteiger partial charge in [0.2, 0.25) is 0 Å². The number of hydrogen-bond acceptors (Lipinski definition) is 1. The summed E-state index contributed by atoms with van der Waals surface area (Å²) in [5.41, 5.74) is 0.980. The highest BCUT2D eigenvalue weighted by Gasteiger charge is 2.08. The minimum absolute atomic E-state index is 0.335. The smallest absolute Gasteiger partial charge is 0.162 e. The molecule has 2 rings (SSSR count). The molecule has 0 bridgehead atoms. The van der Waals surface area contributed by atoms with Crippen LogP contribution in [0.2, 0.25) is 0 Å². The second kappa shape index (κ2) is 5.44. The van der Waals surface area contributed by atoms with Crippen molar-refractivity contribution in [3.63, 3.8) is 0 Å². The van der Waals surface area contributed by atoms with E-state index in [4.69, 9.17) is 4.74 Å². The van der Waals surface area contributed by atoms with Crippen LogP contribution in [0.5, 0.6) is 5.75 Å². The highest BCUT2D eigenvalue weighted by molar-refractivity contribution is 14.1. The van der Waals surface area contributed by atoms with Crippen molar-refractivity contribution in [2.45, 2.75) is 6.61 Å². The summed E-state index contributed by atoms with van der Waals surface area (Å²) < 4.78 is 31.9. The number of hydrogen-bond donors (Lipinski definition) is 0. The highest BCUT2D eigenvalue weighted by atomic mass is 127. The summed E-state index contributed by atoms with van der Waals surface area (Å²) in [5, 5.41) is 0. The SMILES string of the molecule is Fc1cc(I)c(OCc2ccccc2)cc1F. The Labute approximate surface area is 112 Å². The van der Waals surface area contributed by atoms with Crippen molar-refractivity contribution < 1.29 is 13.5 Å². The third-order valence-electron chi connectivity index (χ3n) is 2.21. The fourth-order valence-corrected chi connectivity index (χ4v) is 1.94. The molecule has 0 atom stereocenters. The van der Waals surface area contributed by atoms with E-state index in [1.165, 1.54) is 0 Å². The second-order valence-electron chi connectivity index (χ2n) is 3.47. The van der Waals surface area contributed by atoms with Crippen LogP contribution in [0.3, 0.4) is 0 Å². The molecule has 0 aliphatic heterocycles. The molecule has 0 spiro atoms. The molecule has 0 radical (unpaired) electrons. The van der Waals surface area contributed by atoms with Crippen LogP contribution >= 0.6 is 22.6 Å². The van der Waals surface area contributed by atoms with E-state index in [0.29, 0.717) is 15.9 Å². The standard InChI is InChI=1S/C13H9F2IO/c14-10-6-12(16)13(7-11(10)15)17-8-9-4-2-1-3-5-9/h1-7H,8H2. The Morgan fingerprint density at radius 1 is 1.00 bits per heavy atom. The molecule has 2 aromatic rings. The van der Waals surface area contributed by atoms with Crippen molar-refractivity contribution in [1.29, 1.82) is 0 Å². The van der Waals surface area contributed by atoms with Gasteiger partial charge in [0.25, 0.3) is 0 Å². The lowest BCUT2D eigenvalue weighted by atomic mass is 10.2. The first-order valence-electron chi connectivity index (χ1n) is 4.98. The van der Waals surface area contributed by atoms with E-state index in [9.17, 15) is 8.78 Å². The first-order valence-corrected chi connectivity index (χ1v) is 6.06. The van der Waals surface area contributed by atoms with Gasteiger partial charge in [-0.05, 0) is 34.2 Å². The summed E-state index contributed by atoms with van der Waals surface area (Å²) in [4.78, 5) is 0. The van der Waals surface area contributed by atoms with Gasteiger partial charge in [0.15, 0.2) is 11.6 Å². The molecule has 88 valence electrons. The van der Waals surface area contributed by atoms with Crippen molar-refractivity contribution >= 4 is 22.6 Å². The molecule has 0 amide bonds. The van der Waals surface area contributed by atoms with E-state index in [2.05, 4.69) is 0 Å². The average Bonchev–Trinajstić information content (AvgIpc) is 2.33. The monoisotopic (exact) mass is 346 g/mol. The van der Waals surface area contributed by atoms with E-state index < -0.39 is 11.6 Å². The number of halogens is 3. The second-order valence-corrected chi connectivity index (χ2v) is 4.63. The van der Waals surface area contributed by atoms with Gasteiger partial charge in [-0.15, -0.1) is 0 Å². The maximum absolute atomic E-state index is 13.0. The van der Waals surface area contributed by atoms with Gasteiger partial charge in [0.1, 0.15) is 12.4 Å². The number of rotatable bonds is 3. The maximum atomic E-state index is 13.0. The van der Waals surface area contributed by atoms with E-state index in [1.54, 1.807) is 0 Å². The first kappa shape index (κ1) is 12.3. The fraction of sp³-hybridized carbons (Fsp3) is 0.0769. The van der Waals surface area contributed by atoms with Gasteiger partial charge in [0.05, 0.1) is 3.57 Å². The Kier molecular flexibility index (Phi) is 3.93. The topological polar surface area (TPSA) is 9.23 Å². The van der Waals surface area contributed by atoms with Gasteiger partial charge in [-0.1, -0.05) is 30.3 Å². The quantitative estimate of drug-likeness (QED) is 0.599. The Bertz CT molecular complexity index is 514. The van der Waals surface area contributed by atoms with Crippen molar-refractivity contribution in [2.24, 2.45) is 0 Å². The molecule has 17 heavy (non-hydrogen) atoms. The third kappa shape index (κ3) is 3.15. The van der Waals surface area contributed by atoms with Gasteiger partial charge in [-0.3, -0.25) is 0 Å². The minimum atomic E-state index is -0.895. The summed E-state index contributed by atoms with van der Waals surface area (Å²) in [6.45, 7) is 0.335. The van der Waals surface area contributed by atoms with Crippen LogP contribution in [0.4, 0.5) is 8.78 Å². The first-order chi connectivity index (χ1) is 8.16. The predicted octanol–water partition coefficient (Wildman–Crippen LogP) is 4.15. The summed E-state index contributed by atoms with van der Waals surface area (Å²) in [6.07, 6.45) is 0. The molecule has 0 fully saturated rings. The van der Waals surface area contributed by atoms with E-state index in [0.717, 1.165) is 17.7 Å². The molecule has 0 heterocycles. The average molecular weight is 346 g/mol. The molecule has 1 nitrogen and oxygen atoms in total. The summed E-state index contributed by atoms with van der Waals surface area (Å²) in [7, 11) is 0. The van der Waals surface area contributed by atoms with Gasteiger partial charge >= 0.3 is 0 Å². The zero-order valence-electron chi connectivity index (χ0n) is 8.79. The van der Waals surface area contributed by atoms with Crippen LogP contribution < -0.4 is 4.74 Å². The van der Waals surface area contributed by atoms with Gasteiger partial charge in [0, 0.05) is 6.07 Å². The molecule has 2 aromatic carbocycles. The van der Waals surface area contributed by atoms with Gasteiger partial charge in [-0.25, -0.2) is 8.78 Å². The molecule has 0 aliphatic carbocycles. The van der Waals surface area contributed by atoms with Crippen molar-refractivity contribution in [2.75, 3.05) is 0 Å². The van der Waals surface area contributed by atoms with Crippen LogP contribution in [0, 0.1) is 15.2 Å². The molecule has 0 unspecified atom stereocenters. The third-order valence-corrected chi connectivity index (χ3v) is 3.05. The van der Waals surface area contributed by atoms with Gasteiger partial charge < -0.3 is 4.74 Å². The Hall–Kier alpha value is -1.17. The molecule has 4 heteroatoms. The summed E-state index contributed by atoms with van der Waals surface area (Å²) in [6, 6.07) is 11.7. The molecule has 0 N–H and O–H groups in total. The molecular weight excluding hydrogens is 337 g/mol. The Morgan fingerprint density at radius 3 is 2.35 bits per heavy atom. The predicted molar refractivity (Wildman–Crippen MR) is 69.8 cm³/mol. The largest absolute Gasteiger partial charge is 0.488 e. The lowest BCUT2D eigenvalue weighted by molar-refractivity contribution is 0.301. The molecular formula is C13H9F2IO. The van der Waals surface area contributed by atoms with Gasteiger partial charge in [-0.2, -0.15) is 0 Å².